The highest BCUT2D eigenvalue weighted by atomic mass is 79.9. The van der Waals surface area contributed by atoms with Crippen molar-refractivity contribution in [2.75, 3.05) is 0 Å². The summed E-state index contributed by atoms with van der Waals surface area (Å²) in [5.41, 5.74) is 0.509. The van der Waals surface area contributed by atoms with Crippen LogP contribution in [0, 0.1) is 5.92 Å². The molecule has 1 atom stereocenters. The Balaban J connectivity index is 2.92. The maximum absolute atomic E-state index is 12.0. The molecule has 0 fully saturated rings. The third-order valence-corrected chi connectivity index (χ3v) is 4.88. The van der Waals surface area contributed by atoms with Gasteiger partial charge in [0.2, 0.25) is 10.0 Å². The van der Waals surface area contributed by atoms with Crippen LogP contribution < -0.4 is 4.72 Å². The van der Waals surface area contributed by atoms with Gasteiger partial charge in [0, 0.05) is 9.50 Å². The van der Waals surface area contributed by atoms with E-state index in [9.17, 15) is 13.2 Å². The molecule has 0 saturated carbocycles. The van der Waals surface area contributed by atoms with Crippen molar-refractivity contribution in [3.05, 3.63) is 33.3 Å². The minimum absolute atomic E-state index is 0.318. The first kappa shape index (κ1) is 17.4. The first-order chi connectivity index (χ1) is 9.12. The van der Waals surface area contributed by atoms with Gasteiger partial charge < -0.3 is 5.11 Å². The molecule has 20 heavy (non-hydrogen) atoms. The van der Waals surface area contributed by atoms with Crippen molar-refractivity contribution in [1.29, 1.82) is 0 Å². The molecule has 0 bridgehead atoms. The monoisotopic (exact) mass is 383 g/mol. The molecule has 0 heterocycles. The van der Waals surface area contributed by atoms with Gasteiger partial charge >= 0.3 is 5.97 Å². The van der Waals surface area contributed by atoms with Crippen LogP contribution in [0.3, 0.4) is 0 Å². The molecule has 0 unspecified atom stereocenters. The predicted octanol–water partition coefficient (Wildman–Crippen LogP) is 2.63. The molecule has 0 amide bonds. The van der Waals surface area contributed by atoms with Crippen LogP contribution in [0.25, 0.3) is 0 Å². The van der Waals surface area contributed by atoms with E-state index in [4.69, 9.17) is 16.7 Å². The minimum Gasteiger partial charge on any atom is -0.480 e. The van der Waals surface area contributed by atoms with E-state index in [0.717, 1.165) is 0 Å². The number of sulfonamides is 1. The van der Waals surface area contributed by atoms with Gasteiger partial charge in [-0.05, 0) is 23.6 Å². The lowest BCUT2D eigenvalue weighted by atomic mass is 10.1. The van der Waals surface area contributed by atoms with Gasteiger partial charge in [0.15, 0.2) is 0 Å². The summed E-state index contributed by atoms with van der Waals surface area (Å²) >= 11 is 9.01. The van der Waals surface area contributed by atoms with Crippen LogP contribution in [0.2, 0.25) is 5.02 Å². The maximum Gasteiger partial charge on any atom is 0.321 e. The van der Waals surface area contributed by atoms with Gasteiger partial charge in [0.25, 0.3) is 0 Å². The Morgan fingerprint density at radius 3 is 2.50 bits per heavy atom. The Labute approximate surface area is 131 Å². The van der Waals surface area contributed by atoms with Crippen LogP contribution in [0.15, 0.2) is 22.7 Å². The number of benzene rings is 1. The minimum atomic E-state index is -3.76. The predicted molar refractivity (Wildman–Crippen MR) is 81.2 cm³/mol. The Kier molecular flexibility index (Phi) is 6.00. The highest BCUT2D eigenvalue weighted by molar-refractivity contribution is 9.10. The summed E-state index contributed by atoms with van der Waals surface area (Å²) in [7, 11) is -3.76. The van der Waals surface area contributed by atoms with Gasteiger partial charge in [0.05, 0.1) is 5.75 Å². The lowest BCUT2D eigenvalue weighted by Crippen LogP contribution is -2.44. The van der Waals surface area contributed by atoms with E-state index in [1.165, 1.54) is 0 Å². The third kappa shape index (κ3) is 5.05. The molecule has 0 aliphatic rings. The number of carboxylic acid groups (broad SMARTS) is 1. The molecular weight excluding hydrogens is 370 g/mol. The van der Waals surface area contributed by atoms with Crippen LogP contribution in [0.5, 0.6) is 0 Å². The number of carboxylic acids is 1. The second kappa shape index (κ2) is 6.89. The Bertz CT molecular complexity index is 603. The van der Waals surface area contributed by atoms with Crippen LogP contribution >= 0.6 is 27.5 Å². The van der Waals surface area contributed by atoms with E-state index in [-0.39, 0.29) is 11.7 Å². The molecule has 5 nitrogen and oxygen atoms in total. The van der Waals surface area contributed by atoms with Crippen LogP contribution in [-0.2, 0) is 20.6 Å². The van der Waals surface area contributed by atoms with Crippen molar-refractivity contribution in [1.82, 2.24) is 4.72 Å². The standard InChI is InChI=1S/C12H15BrClNO4S/c1-7(2)11(12(16)17)15-20(18,19)6-8-3-4-9(14)5-10(8)13/h3-5,7,11,15H,6H2,1-2H3,(H,16,17)/t11-/m0/s1. The molecule has 1 aromatic carbocycles. The highest BCUT2D eigenvalue weighted by Gasteiger charge is 2.27. The second-order valence-corrected chi connectivity index (χ2v) is 7.72. The molecule has 0 aliphatic carbocycles. The number of carbonyl (C=O) groups is 1. The largest absolute Gasteiger partial charge is 0.480 e. The molecule has 0 saturated heterocycles. The van der Waals surface area contributed by atoms with Crippen molar-refractivity contribution >= 4 is 43.5 Å². The van der Waals surface area contributed by atoms with E-state index in [1.54, 1.807) is 32.0 Å². The summed E-state index contributed by atoms with van der Waals surface area (Å²) in [6.45, 7) is 3.28. The Morgan fingerprint density at radius 2 is 2.05 bits per heavy atom. The highest BCUT2D eigenvalue weighted by Crippen LogP contribution is 2.23. The summed E-state index contributed by atoms with van der Waals surface area (Å²) in [6, 6.07) is 3.60. The molecular formula is C12H15BrClNO4S. The molecule has 0 aromatic heterocycles. The molecule has 8 heteroatoms. The average Bonchev–Trinajstić information content (AvgIpc) is 2.29. The number of aliphatic carboxylic acids is 1. The lowest BCUT2D eigenvalue weighted by Gasteiger charge is -2.18. The third-order valence-electron chi connectivity index (χ3n) is 2.60. The normalized spacial score (nSPS) is 13.4. The van der Waals surface area contributed by atoms with E-state index in [1.807, 2.05) is 0 Å². The van der Waals surface area contributed by atoms with Gasteiger partial charge in [-0.1, -0.05) is 47.4 Å². The van der Waals surface area contributed by atoms with Crippen molar-refractivity contribution in [3.63, 3.8) is 0 Å². The summed E-state index contributed by atoms with van der Waals surface area (Å²) in [6.07, 6.45) is 0. The number of halogens is 2. The maximum atomic E-state index is 12.0. The number of hydrogen-bond donors (Lipinski definition) is 2. The molecule has 2 N–H and O–H groups in total. The van der Waals surface area contributed by atoms with Gasteiger partial charge in [-0.3, -0.25) is 4.79 Å². The fourth-order valence-corrected chi connectivity index (χ4v) is 4.06. The van der Waals surface area contributed by atoms with Gasteiger partial charge in [-0.25, -0.2) is 13.1 Å². The second-order valence-electron chi connectivity index (χ2n) is 4.67. The summed E-state index contributed by atoms with van der Waals surface area (Å²) in [5.74, 6) is -1.86. The van der Waals surface area contributed by atoms with Crippen molar-refractivity contribution < 1.29 is 18.3 Å². The molecule has 0 radical (unpaired) electrons. The Hall–Kier alpha value is -0.630. The van der Waals surface area contributed by atoms with E-state index >= 15 is 0 Å². The van der Waals surface area contributed by atoms with E-state index < -0.39 is 22.0 Å². The van der Waals surface area contributed by atoms with E-state index in [0.29, 0.717) is 15.1 Å². The molecule has 0 spiro atoms. The smallest absolute Gasteiger partial charge is 0.321 e. The zero-order valence-corrected chi connectivity index (χ0v) is 14.1. The summed E-state index contributed by atoms with van der Waals surface area (Å²) in [5, 5.41) is 9.49. The topological polar surface area (TPSA) is 83.5 Å². The van der Waals surface area contributed by atoms with Crippen molar-refractivity contribution in [3.8, 4) is 0 Å². The first-order valence-electron chi connectivity index (χ1n) is 5.79. The van der Waals surface area contributed by atoms with E-state index in [2.05, 4.69) is 20.7 Å². The lowest BCUT2D eigenvalue weighted by molar-refractivity contribution is -0.140. The molecule has 0 aliphatic heterocycles. The zero-order valence-electron chi connectivity index (χ0n) is 10.9. The van der Waals surface area contributed by atoms with Crippen molar-refractivity contribution in [2.24, 2.45) is 5.92 Å². The number of rotatable bonds is 6. The fraction of sp³-hybridized carbons (Fsp3) is 0.417. The average molecular weight is 385 g/mol. The molecule has 1 aromatic rings. The van der Waals surface area contributed by atoms with Gasteiger partial charge in [-0.2, -0.15) is 0 Å². The van der Waals surface area contributed by atoms with Crippen LogP contribution in [-0.4, -0.2) is 25.5 Å². The Morgan fingerprint density at radius 1 is 1.45 bits per heavy atom. The number of hydrogen-bond acceptors (Lipinski definition) is 3. The van der Waals surface area contributed by atoms with Gasteiger partial charge in [-0.15, -0.1) is 0 Å². The van der Waals surface area contributed by atoms with Gasteiger partial charge in [0.1, 0.15) is 6.04 Å². The molecule has 112 valence electrons. The van der Waals surface area contributed by atoms with Crippen LogP contribution in [0.4, 0.5) is 0 Å². The SMILES string of the molecule is CC(C)[C@H](NS(=O)(=O)Cc1ccc(Cl)cc1Br)C(=O)O. The number of nitrogens with one attached hydrogen (secondary N) is 1. The zero-order chi connectivity index (χ0) is 15.5. The summed E-state index contributed by atoms with van der Waals surface area (Å²) in [4.78, 5) is 11.0. The quantitative estimate of drug-likeness (QED) is 0.790. The summed E-state index contributed by atoms with van der Waals surface area (Å²) < 4.78 is 26.8. The first-order valence-corrected chi connectivity index (χ1v) is 8.61. The van der Waals surface area contributed by atoms with Crippen molar-refractivity contribution in [2.45, 2.75) is 25.6 Å². The van der Waals surface area contributed by atoms with Crippen LogP contribution in [0.1, 0.15) is 19.4 Å². The fourth-order valence-electron chi connectivity index (χ4n) is 1.55. The molecule has 1 rings (SSSR count).